The molecule has 16 heavy (non-hydrogen) atoms. The Labute approximate surface area is 101 Å². The highest BCUT2D eigenvalue weighted by atomic mass is 79.9. The van der Waals surface area contributed by atoms with Gasteiger partial charge in [-0.3, -0.25) is 4.79 Å². The van der Waals surface area contributed by atoms with Gasteiger partial charge in [-0.25, -0.2) is 9.97 Å². The Morgan fingerprint density at radius 3 is 3.06 bits per heavy atom. The molecule has 1 aliphatic rings. The van der Waals surface area contributed by atoms with E-state index >= 15 is 0 Å². The van der Waals surface area contributed by atoms with Crippen LogP contribution in [0.2, 0.25) is 0 Å². The molecule has 0 saturated heterocycles. The second-order valence-corrected chi connectivity index (χ2v) is 4.37. The maximum Gasteiger partial charge on any atom is 0.293 e. The molecule has 0 unspecified atom stereocenters. The van der Waals surface area contributed by atoms with Crippen LogP contribution in [0, 0.1) is 5.92 Å². The lowest BCUT2D eigenvalue weighted by atomic mass is 10.4. The van der Waals surface area contributed by atoms with Crippen LogP contribution in [0.5, 0.6) is 5.88 Å². The monoisotopic (exact) mass is 286 g/mol. The highest BCUT2D eigenvalue weighted by molar-refractivity contribution is 9.10. The third-order valence-electron chi connectivity index (χ3n) is 2.20. The van der Waals surface area contributed by atoms with Crippen molar-refractivity contribution in [2.45, 2.75) is 19.4 Å². The van der Waals surface area contributed by atoms with Crippen molar-refractivity contribution < 1.29 is 14.3 Å². The number of hydrogen-bond donors (Lipinski definition) is 0. The Hall–Kier alpha value is -1.17. The number of rotatable bonds is 6. The molecule has 0 radical (unpaired) electrons. The summed E-state index contributed by atoms with van der Waals surface area (Å²) < 4.78 is 10.7. The van der Waals surface area contributed by atoms with Gasteiger partial charge < -0.3 is 9.47 Å². The summed E-state index contributed by atoms with van der Waals surface area (Å²) in [5.74, 6) is 1.11. The minimum Gasteiger partial charge on any atom is -0.475 e. The van der Waals surface area contributed by atoms with Crippen LogP contribution >= 0.6 is 15.9 Å². The molecule has 86 valence electrons. The third-order valence-corrected chi connectivity index (χ3v) is 2.74. The molecule has 2 rings (SSSR count). The average Bonchev–Trinajstić information content (AvgIpc) is 3.10. The summed E-state index contributed by atoms with van der Waals surface area (Å²) in [6.07, 6.45) is 3.98. The normalized spacial score (nSPS) is 14.6. The Morgan fingerprint density at radius 1 is 1.56 bits per heavy atom. The van der Waals surface area contributed by atoms with Crippen molar-refractivity contribution >= 4 is 22.4 Å². The molecule has 1 aromatic heterocycles. The Bertz CT molecular complexity index is 382. The number of halogens is 1. The van der Waals surface area contributed by atoms with Crippen molar-refractivity contribution in [3.05, 3.63) is 16.5 Å². The summed E-state index contributed by atoms with van der Waals surface area (Å²) in [5, 5.41) is 0. The molecule has 1 aromatic rings. The summed E-state index contributed by atoms with van der Waals surface area (Å²) >= 11 is 3.26. The molecule has 6 heteroatoms. The van der Waals surface area contributed by atoms with Gasteiger partial charge in [0.2, 0.25) is 5.88 Å². The molecule has 1 saturated carbocycles. The summed E-state index contributed by atoms with van der Waals surface area (Å²) in [6, 6.07) is 0. The second-order valence-electron chi connectivity index (χ2n) is 3.62. The van der Waals surface area contributed by atoms with Crippen LogP contribution in [0.15, 0.2) is 10.8 Å². The molecular formula is C10H11BrN2O3. The average molecular weight is 287 g/mol. The number of aromatic nitrogens is 2. The van der Waals surface area contributed by atoms with Gasteiger partial charge in [0.1, 0.15) is 12.3 Å². The van der Waals surface area contributed by atoms with E-state index in [2.05, 4.69) is 30.6 Å². The van der Waals surface area contributed by atoms with E-state index in [1.807, 2.05) is 0 Å². The molecule has 0 aliphatic heterocycles. The summed E-state index contributed by atoms with van der Waals surface area (Å²) in [7, 11) is 0. The van der Waals surface area contributed by atoms with E-state index in [1.54, 1.807) is 0 Å². The molecule has 0 amide bonds. The molecule has 1 heterocycles. The quantitative estimate of drug-likeness (QED) is 0.745. The largest absolute Gasteiger partial charge is 0.475 e. The minimum atomic E-state index is 0.115. The van der Waals surface area contributed by atoms with Crippen molar-refractivity contribution in [1.29, 1.82) is 0 Å². The Kier molecular flexibility index (Phi) is 3.71. The minimum absolute atomic E-state index is 0.115. The molecule has 1 fully saturated rings. The Balaban J connectivity index is 1.99. The van der Waals surface area contributed by atoms with Crippen LogP contribution < -0.4 is 4.74 Å². The second kappa shape index (κ2) is 5.25. The first-order valence-electron chi connectivity index (χ1n) is 4.99. The maximum atomic E-state index is 10.0. The van der Waals surface area contributed by atoms with E-state index < -0.39 is 0 Å². The highest BCUT2D eigenvalue weighted by Gasteiger charge is 2.22. The molecule has 0 spiro atoms. The molecule has 0 atom stereocenters. The van der Waals surface area contributed by atoms with Crippen LogP contribution in [0.4, 0.5) is 0 Å². The van der Waals surface area contributed by atoms with Gasteiger partial charge in [-0.1, -0.05) is 0 Å². The van der Waals surface area contributed by atoms with Gasteiger partial charge in [-0.05, 0) is 34.7 Å². The standard InChI is InChI=1S/C10H11BrN2O3/c11-9-10(16-4-7-1-2-7)13-8(3-12-9)5-15-6-14/h3,6-7H,1-2,4-5H2. The molecule has 0 bridgehead atoms. The summed E-state index contributed by atoms with van der Waals surface area (Å²) in [5.41, 5.74) is 0.570. The van der Waals surface area contributed by atoms with Gasteiger partial charge in [0.25, 0.3) is 6.47 Å². The number of carbonyl (C=O) groups is 1. The molecule has 0 N–H and O–H groups in total. The number of ether oxygens (including phenoxy) is 2. The van der Waals surface area contributed by atoms with Crippen molar-refractivity contribution in [3.63, 3.8) is 0 Å². The molecular weight excluding hydrogens is 276 g/mol. The topological polar surface area (TPSA) is 61.3 Å². The summed E-state index contributed by atoms with van der Waals surface area (Å²) in [6.45, 7) is 1.17. The first-order valence-corrected chi connectivity index (χ1v) is 5.78. The zero-order valence-electron chi connectivity index (χ0n) is 8.56. The van der Waals surface area contributed by atoms with E-state index in [0.29, 0.717) is 35.2 Å². The van der Waals surface area contributed by atoms with Gasteiger partial charge in [0.15, 0.2) is 4.60 Å². The van der Waals surface area contributed by atoms with Gasteiger partial charge in [0.05, 0.1) is 12.8 Å². The fourth-order valence-electron chi connectivity index (χ4n) is 1.15. The third kappa shape index (κ3) is 3.16. The van der Waals surface area contributed by atoms with Crippen LogP contribution in [-0.2, 0) is 16.1 Å². The number of nitrogens with zero attached hydrogens (tertiary/aromatic N) is 2. The van der Waals surface area contributed by atoms with Gasteiger partial charge >= 0.3 is 0 Å². The van der Waals surface area contributed by atoms with Crippen molar-refractivity contribution in [1.82, 2.24) is 9.97 Å². The molecule has 1 aliphatic carbocycles. The summed E-state index contributed by atoms with van der Waals surface area (Å²) in [4.78, 5) is 18.3. The first-order chi connectivity index (χ1) is 7.79. The van der Waals surface area contributed by atoms with Gasteiger partial charge in [0, 0.05) is 0 Å². The van der Waals surface area contributed by atoms with Crippen LogP contribution in [0.1, 0.15) is 18.5 Å². The van der Waals surface area contributed by atoms with E-state index in [9.17, 15) is 4.79 Å². The van der Waals surface area contributed by atoms with Crippen molar-refractivity contribution in [3.8, 4) is 5.88 Å². The number of carbonyl (C=O) groups excluding carboxylic acids is 1. The van der Waals surface area contributed by atoms with Crippen molar-refractivity contribution in [2.75, 3.05) is 6.61 Å². The van der Waals surface area contributed by atoms with Crippen LogP contribution in [0.3, 0.4) is 0 Å². The smallest absolute Gasteiger partial charge is 0.293 e. The number of hydrogen-bond acceptors (Lipinski definition) is 5. The van der Waals surface area contributed by atoms with E-state index in [4.69, 9.17) is 4.74 Å². The lowest BCUT2D eigenvalue weighted by Crippen LogP contribution is -2.04. The fourth-order valence-corrected chi connectivity index (χ4v) is 1.46. The SMILES string of the molecule is O=COCc1cnc(Br)c(OCC2CC2)n1. The van der Waals surface area contributed by atoms with Crippen LogP contribution in [-0.4, -0.2) is 23.0 Å². The van der Waals surface area contributed by atoms with E-state index in [1.165, 1.54) is 19.0 Å². The molecule has 0 aromatic carbocycles. The maximum absolute atomic E-state index is 10.0. The predicted octanol–water partition coefficient (Wildman–Crippen LogP) is 1.70. The Morgan fingerprint density at radius 2 is 2.38 bits per heavy atom. The zero-order chi connectivity index (χ0) is 11.4. The highest BCUT2D eigenvalue weighted by Crippen LogP contribution is 2.30. The van der Waals surface area contributed by atoms with Crippen molar-refractivity contribution in [2.24, 2.45) is 5.92 Å². The fraction of sp³-hybridized carbons (Fsp3) is 0.500. The predicted molar refractivity (Wildman–Crippen MR) is 58.8 cm³/mol. The first kappa shape index (κ1) is 11.3. The lowest BCUT2D eigenvalue weighted by Gasteiger charge is -2.07. The van der Waals surface area contributed by atoms with Gasteiger partial charge in [-0.15, -0.1) is 0 Å². The van der Waals surface area contributed by atoms with Crippen LogP contribution in [0.25, 0.3) is 0 Å². The van der Waals surface area contributed by atoms with E-state index in [-0.39, 0.29) is 6.61 Å². The lowest BCUT2D eigenvalue weighted by molar-refractivity contribution is -0.129. The van der Waals surface area contributed by atoms with E-state index in [0.717, 1.165) is 0 Å². The van der Waals surface area contributed by atoms with Gasteiger partial charge in [-0.2, -0.15) is 0 Å². The zero-order valence-corrected chi connectivity index (χ0v) is 10.1. The molecule has 5 nitrogen and oxygen atoms in total.